The summed E-state index contributed by atoms with van der Waals surface area (Å²) in [5.41, 5.74) is 2.44. The molecule has 0 saturated carbocycles. The summed E-state index contributed by atoms with van der Waals surface area (Å²) in [6.07, 6.45) is 0.174. The van der Waals surface area contributed by atoms with Crippen molar-refractivity contribution in [3.8, 4) is 0 Å². The minimum absolute atomic E-state index is 0.162. The number of halogens is 2. The molecule has 0 N–H and O–H groups in total. The monoisotopic (exact) mass is 461 g/mol. The van der Waals surface area contributed by atoms with Crippen molar-refractivity contribution in [1.82, 2.24) is 9.80 Å². The number of hydrogen-bond acceptors (Lipinski definition) is 4. The molecule has 1 atom stereocenters. The molecule has 0 aliphatic carbocycles. The Hall–Kier alpha value is -3.42. The Bertz CT molecular complexity index is 1120. The molecule has 2 saturated heterocycles. The van der Waals surface area contributed by atoms with Crippen LogP contribution in [0, 0.1) is 11.6 Å². The number of hydrogen-bond donors (Lipinski definition) is 0. The quantitative estimate of drug-likeness (QED) is 0.539. The van der Waals surface area contributed by atoms with E-state index in [2.05, 4.69) is 9.80 Å². The van der Waals surface area contributed by atoms with E-state index in [1.54, 1.807) is 36.4 Å². The molecule has 0 spiro atoms. The molecule has 2 fully saturated rings. The molecule has 34 heavy (non-hydrogen) atoms. The molecule has 2 aliphatic rings. The molecule has 3 aromatic rings. The normalized spacial score (nSPS) is 19.9. The molecule has 2 amide bonds. The van der Waals surface area contributed by atoms with Crippen LogP contribution >= 0.6 is 0 Å². The van der Waals surface area contributed by atoms with Gasteiger partial charge < -0.3 is 0 Å². The van der Waals surface area contributed by atoms with E-state index in [0.29, 0.717) is 31.9 Å². The maximum atomic E-state index is 13.6. The number of carbonyl (C=O) groups is 2. The number of anilines is 1. The second kappa shape index (κ2) is 9.44. The fraction of sp³-hybridized carbons (Fsp3) is 0.259. The average molecular weight is 462 g/mol. The third kappa shape index (κ3) is 4.36. The number of para-hydroxylation sites is 1. The van der Waals surface area contributed by atoms with Crippen molar-refractivity contribution in [3.05, 3.63) is 102 Å². The van der Waals surface area contributed by atoms with E-state index in [0.717, 1.165) is 11.1 Å². The number of carbonyl (C=O) groups excluding carboxylic acids is 2. The minimum atomic E-state index is -0.468. The van der Waals surface area contributed by atoms with E-state index in [1.807, 2.05) is 18.2 Å². The van der Waals surface area contributed by atoms with Crippen LogP contribution in [0.4, 0.5) is 14.5 Å². The summed E-state index contributed by atoms with van der Waals surface area (Å²) in [4.78, 5) is 31.4. The van der Waals surface area contributed by atoms with Crippen molar-refractivity contribution in [1.29, 1.82) is 0 Å². The first-order chi connectivity index (χ1) is 16.5. The molecule has 5 nitrogen and oxygen atoms in total. The predicted octanol–water partition coefficient (Wildman–Crippen LogP) is 4.00. The van der Waals surface area contributed by atoms with Crippen LogP contribution in [-0.2, 0) is 9.59 Å². The Morgan fingerprint density at radius 1 is 0.706 bits per heavy atom. The van der Waals surface area contributed by atoms with Crippen LogP contribution in [-0.4, -0.2) is 53.8 Å². The van der Waals surface area contributed by atoms with Crippen molar-refractivity contribution in [2.45, 2.75) is 18.5 Å². The van der Waals surface area contributed by atoms with Crippen LogP contribution in [0.1, 0.15) is 23.6 Å². The van der Waals surface area contributed by atoms with Crippen LogP contribution in [0.25, 0.3) is 0 Å². The molecule has 0 bridgehead atoms. The summed E-state index contributed by atoms with van der Waals surface area (Å²) in [6, 6.07) is 21.1. The molecule has 174 valence electrons. The van der Waals surface area contributed by atoms with Crippen LogP contribution < -0.4 is 4.90 Å². The second-order valence-electron chi connectivity index (χ2n) is 8.70. The van der Waals surface area contributed by atoms with Gasteiger partial charge in [-0.05, 0) is 47.5 Å². The molecular weight excluding hydrogens is 436 g/mol. The van der Waals surface area contributed by atoms with Crippen LogP contribution in [0.15, 0.2) is 78.9 Å². The lowest BCUT2D eigenvalue weighted by atomic mass is 9.96. The third-order valence-corrected chi connectivity index (χ3v) is 6.66. The van der Waals surface area contributed by atoms with Crippen molar-refractivity contribution >= 4 is 17.5 Å². The molecule has 2 aliphatic heterocycles. The van der Waals surface area contributed by atoms with Crippen molar-refractivity contribution in [3.63, 3.8) is 0 Å². The van der Waals surface area contributed by atoms with Gasteiger partial charge in [0.1, 0.15) is 11.6 Å². The zero-order chi connectivity index (χ0) is 23.7. The van der Waals surface area contributed by atoms with Gasteiger partial charge in [0.15, 0.2) is 0 Å². The van der Waals surface area contributed by atoms with Gasteiger partial charge in [-0.2, -0.15) is 0 Å². The smallest absolute Gasteiger partial charge is 0.251 e. The standard InChI is InChI=1S/C27H25F2N3O2/c28-21-10-6-19(7-11-21)26(20-8-12-22(29)13-9-20)31-16-14-30(15-17-31)24-18-25(33)32(27(24)34)23-4-2-1-3-5-23/h1-13,24,26H,14-18H2. The SMILES string of the molecule is O=C1CC(N2CCN(C(c3ccc(F)cc3)c3ccc(F)cc3)CC2)C(=O)N1c1ccccc1. The molecule has 3 aromatic carbocycles. The van der Waals surface area contributed by atoms with Gasteiger partial charge in [-0.15, -0.1) is 0 Å². The topological polar surface area (TPSA) is 43.9 Å². The molecule has 2 heterocycles. The fourth-order valence-electron chi connectivity index (χ4n) is 4.96. The van der Waals surface area contributed by atoms with E-state index >= 15 is 0 Å². The Morgan fingerprint density at radius 3 is 1.76 bits per heavy atom. The van der Waals surface area contributed by atoms with Crippen LogP contribution in [0.5, 0.6) is 0 Å². The second-order valence-corrected chi connectivity index (χ2v) is 8.70. The number of amides is 2. The van der Waals surface area contributed by atoms with Gasteiger partial charge in [0.05, 0.1) is 24.2 Å². The van der Waals surface area contributed by atoms with Gasteiger partial charge in [0, 0.05) is 26.2 Å². The minimum Gasteiger partial charge on any atom is -0.290 e. The summed E-state index contributed by atoms with van der Waals surface area (Å²) in [5.74, 6) is -0.977. The number of benzene rings is 3. The first-order valence-electron chi connectivity index (χ1n) is 11.4. The van der Waals surface area contributed by atoms with Gasteiger partial charge in [0.2, 0.25) is 5.91 Å². The van der Waals surface area contributed by atoms with Gasteiger partial charge in [-0.3, -0.25) is 19.4 Å². The van der Waals surface area contributed by atoms with Gasteiger partial charge in [-0.1, -0.05) is 42.5 Å². The van der Waals surface area contributed by atoms with Crippen molar-refractivity contribution in [2.75, 3.05) is 31.1 Å². The Morgan fingerprint density at radius 2 is 1.24 bits per heavy atom. The zero-order valence-electron chi connectivity index (χ0n) is 18.6. The maximum Gasteiger partial charge on any atom is 0.251 e. The molecule has 7 heteroatoms. The lowest BCUT2D eigenvalue weighted by Gasteiger charge is -2.41. The van der Waals surface area contributed by atoms with Gasteiger partial charge in [-0.25, -0.2) is 13.7 Å². The van der Waals surface area contributed by atoms with Gasteiger partial charge >= 0.3 is 0 Å². The lowest BCUT2D eigenvalue weighted by molar-refractivity contribution is -0.123. The Labute approximate surface area is 197 Å². The summed E-state index contributed by atoms with van der Waals surface area (Å²) < 4.78 is 27.1. The van der Waals surface area contributed by atoms with E-state index < -0.39 is 6.04 Å². The van der Waals surface area contributed by atoms with E-state index in [-0.39, 0.29) is 35.9 Å². The first-order valence-corrected chi connectivity index (χ1v) is 11.4. The van der Waals surface area contributed by atoms with Crippen LogP contribution in [0.3, 0.4) is 0 Å². The highest BCUT2D eigenvalue weighted by molar-refractivity contribution is 6.22. The van der Waals surface area contributed by atoms with E-state index in [4.69, 9.17) is 0 Å². The summed E-state index contributed by atoms with van der Waals surface area (Å²) >= 11 is 0. The van der Waals surface area contributed by atoms with Crippen molar-refractivity contribution < 1.29 is 18.4 Å². The van der Waals surface area contributed by atoms with Crippen LogP contribution in [0.2, 0.25) is 0 Å². The summed E-state index contributed by atoms with van der Waals surface area (Å²) in [6.45, 7) is 2.54. The fourth-order valence-corrected chi connectivity index (χ4v) is 4.96. The summed E-state index contributed by atoms with van der Waals surface area (Å²) in [5, 5.41) is 0. The highest BCUT2D eigenvalue weighted by Crippen LogP contribution is 2.32. The summed E-state index contributed by atoms with van der Waals surface area (Å²) in [7, 11) is 0. The molecular formula is C27H25F2N3O2. The molecule has 0 radical (unpaired) electrons. The zero-order valence-corrected chi connectivity index (χ0v) is 18.6. The number of rotatable bonds is 5. The van der Waals surface area contributed by atoms with Gasteiger partial charge in [0.25, 0.3) is 5.91 Å². The largest absolute Gasteiger partial charge is 0.290 e. The van der Waals surface area contributed by atoms with Crippen molar-refractivity contribution in [2.24, 2.45) is 0 Å². The van der Waals surface area contributed by atoms with E-state index in [9.17, 15) is 18.4 Å². The third-order valence-electron chi connectivity index (χ3n) is 6.66. The lowest BCUT2D eigenvalue weighted by Crippen LogP contribution is -2.53. The Balaban J connectivity index is 1.33. The maximum absolute atomic E-state index is 13.6. The number of nitrogens with zero attached hydrogens (tertiary/aromatic N) is 3. The van der Waals surface area contributed by atoms with E-state index in [1.165, 1.54) is 29.2 Å². The number of imide groups is 1. The molecule has 0 aromatic heterocycles. The number of piperazine rings is 1. The molecule has 5 rings (SSSR count). The highest BCUT2D eigenvalue weighted by Gasteiger charge is 2.43. The predicted molar refractivity (Wildman–Crippen MR) is 125 cm³/mol. The highest BCUT2D eigenvalue weighted by atomic mass is 19.1. The Kier molecular flexibility index (Phi) is 6.22. The average Bonchev–Trinajstić information content (AvgIpc) is 3.16. The first kappa shape index (κ1) is 22.4. The molecule has 1 unspecified atom stereocenters.